The molecule has 0 unspecified atom stereocenters. The summed E-state index contributed by atoms with van der Waals surface area (Å²) in [7, 11) is -2.17. The maximum atomic E-state index is 12.6. The van der Waals surface area contributed by atoms with Crippen molar-refractivity contribution in [2.45, 2.75) is 29.1 Å². The van der Waals surface area contributed by atoms with Gasteiger partial charge in [-0.05, 0) is 50.8 Å². The molecule has 1 amide bonds. The Kier molecular flexibility index (Phi) is 5.29. The summed E-state index contributed by atoms with van der Waals surface area (Å²) < 4.78 is 26.1. The topological polar surface area (TPSA) is 66.5 Å². The molecule has 0 atom stereocenters. The second-order valence-corrected chi connectivity index (χ2v) is 7.66. The lowest BCUT2D eigenvalue weighted by atomic mass is 10.1. The number of piperidine rings is 1. The van der Waals surface area contributed by atoms with Crippen molar-refractivity contribution >= 4 is 27.7 Å². The van der Waals surface area contributed by atoms with Crippen LogP contribution in [0.3, 0.4) is 0 Å². The molecule has 116 valence electrons. The number of nitrogens with zero attached hydrogens (tertiary/aromatic N) is 1. The van der Waals surface area contributed by atoms with E-state index in [0.29, 0.717) is 5.56 Å². The number of rotatable bonds is 4. The summed E-state index contributed by atoms with van der Waals surface area (Å²) in [6, 6.07) is 4.71. The average molecular weight is 328 g/mol. The van der Waals surface area contributed by atoms with Crippen molar-refractivity contribution in [1.29, 1.82) is 0 Å². The van der Waals surface area contributed by atoms with E-state index in [-0.39, 0.29) is 10.8 Å². The van der Waals surface area contributed by atoms with Gasteiger partial charge in [-0.25, -0.2) is 13.1 Å². The maximum Gasteiger partial charge on any atom is 0.255 e. The van der Waals surface area contributed by atoms with Crippen LogP contribution in [-0.4, -0.2) is 45.6 Å². The van der Waals surface area contributed by atoms with Crippen molar-refractivity contribution in [3.8, 4) is 0 Å². The molecule has 1 aromatic rings. The van der Waals surface area contributed by atoms with E-state index in [0.717, 1.165) is 37.2 Å². The molecule has 0 aromatic heterocycles. The van der Waals surface area contributed by atoms with Gasteiger partial charge in [0.15, 0.2) is 0 Å². The molecule has 1 N–H and O–H groups in total. The van der Waals surface area contributed by atoms with Gasteiger partial charge in [0, 0.05) is 18.0 Å². The van der Waals surface area contributed by atoms with Crippen LogP contribution in [0.15, 0.2) is 28.0 Å². The lowest BCUT2D eigenvalue weighted by molar-refractivity contribution is 0.0720. The fraction of sp³-hybridized carbons (Fsp3) is 0.500. The second-order valence-electron chi connectivity index (χ2n) is 4.92. The van der Waals surface area contributed by atoms with Crippen molar-refractivity contribution in [2.24, 2.45) is 0 Å². The van der Waals surface area contributed by atoms with Crippen LogP contribution in [-0.2, 0) is 10.0 Å². The molecule has 1 heterocycles. The van der Waals surface area contributed by atoms with Crippen molar-refractivity contribution in [3.05, 3.63) is 23.8 Å². The van der Waals surface area contributed by atoms with Crippen molar-refractivity contribution in [1.82, 2.24) is 9.62 Å². The van der Waals surface area contributed by atoms with Crippen LogP contribution in [0.2, 0.25) is 0 Å². The second kappa shape index (κ2) is 6.81. The zero-order valence-electron chi connectivity index (χ0n) is 12.3. The van der Waals surface area contributed by atoms with Crippen LogP contribution < -0.4 is 4.72 Å². The number of sulfonamides is 1. The van der Waals surface area contributed by atoms with E-state index in [9.17, 15) is 13.2 Å². The third-order valence-corrected chi connectivity index (χ3v) is 5.83. The predicted molar refractivity (Wildman–Crippen MR) is 84.2 cm³/mol. The Labute approximate surface area is 130 Å². The number of carbonyl (C=O) groups is 1. The number of carbonyl (C=O) groups excluding carboxylic acids is 1. The van der Waals surface area contributed by atoms with Gasteiger partial charge >= 0.3 is 0 Å². The van der Waals surface area contributed by atoms with Gasteiger partial charge in [0.1, 0.15) is 0 Å². The molecule has 1 saturated heterocycles. The van der Waals surface area contributed by atoms with Gasteiger partial charge in [0.2, 0.25) is 10.0 Å². The van der Waals surface area contributed by atoms with Crippen molar-refractivity contribution in [2.75, 3.05) is 26.4 Å². The first-order valence-electron chi connectivity index (χ1n) is 6.90. The average Bonchev–Trinajstić information content (AvgIpc) is 2.54. The first kappa shape index (κ1) is 16.3. The number of nitrogens with one attached hydrogen (secondary N) is 1. The Hall–Kier alpha value is -1.05. The summed E-state index contributed by atoms with van der Waals surface area (Å²) in [5, 5.41) is 0. The highest BCUT2D eigenvalue weighted by molar-refractivity contribution is 7.98. The lowest BCUT2D eigenvalue weighted by Crippen LogP contribution is -2.36. The minimum absolute atomic E-state index is 0.0767. The number of amides is 1. The first-order chi connectivity index (χ1) is 9.99. The smallest absolute Gasteiger partial charge is 0.255 e. The quantitative estimate of drug-likeness (QED) is 0.858. The molecule has 0 aliphatic carbocycles. The summed E-state index contributed by atoms with van der Waals surface area (Å²) in [5.41, 5.74) is 0.473. The van der Waals surface area contributed by atoms with Gasteiger partial charge in [-0.1, -0.05) is 0 Å². The van der Waals surface area contributed by atoms with E-state index in [4.69, 9.17) is 0 Å². The summed E-state index contributed by atoms with van der Waals surface area (Å²) in [4.78, 5) is 15.4. The molecule has 1 fully saturated rings. The molecular formula is C14H20N2O3S2. The molecule has 0 radical (unpaired) electrons. The normalized spacial score (nSPS) is 16.0. The van der Waals surface area contributed by atoms with Gasteiger partial charge in [-0.3, -0.25) is 4.79 Å². The van der Waals surface area contributed by atoms with Crippen LogP contribution in [0.4, 0.5) is 0 Å². The standard InChI is InChI=1S/C14H20N2O3S2/c1-15-21(18,19)11-6-7-13(20-2)12(10-11)14(17)16-8-4-3-5-9-16/h6-7,10,15H,3-5,8-9H2,1-2H3. The van der Waals surface area contributed by atoms with Gasteiger partial charge in [0.05, 0.1) is 10.5 Å². The summed E-state index contributed by atoms with van der Waals surface area (Å²) >= 11 is 1.45. The zero-order valence-corrected chi connectivity index (χ0v) is 13.9. The summed E-state index contributed by atoms with van der Waals surface area (Å²) in [5.74, 6) is -0.0767. The number of likely N-dealkylation sites (tertiary alicyclic amines) is 1. The molecule has 21 heavy (non-hydrogen) atoms. The number of thioether (sulfide) groups is 1. The van der Waals surface area contributed by atoms with Crippen molar-refractivity contribution < 1.29 is 13.2 Å². The third-order valence-electron chi connectivity index (χ3n) is 3.62. The van der Waals surface area contributed by atoms with Gasteiger partial charge < -0.3 is 4.90 Å². The fourth-order valence-corrected chi connectivity index (χ4v) is 3.73. The van der Waals surface area contributed by atoms with Crippen LogP contribution in [0, 0.1) is 0 Å². The Bertz CT molecular complexity index is 623. The Balaban J connectivity index is 2.40. The molecule has 1 aliphatic rings. The number of hydrogen-bond donors (Lipinski definition) is 1. The van der Waals surface area contributed by atoms with E-state index in [1.54, 1.807) is 6.07 Å². The molecule has 1 aliphatic heterocycles. The van der Waals surface area contributed by atoms with E-state index < -0.39 is 10.0 Å². The zero-order chi connectivity index (χ0) is 15.5. The molecular weight excluding hydrogens is 308 g/mol. The molecule has 7 heteroatoms. The molecule has 0 saturated carbocycles. The third kappa shape index (κ3) is 3.59. The Morgan fingerprint density at radius 3 is 2.48 bits per heavy atom. The minimum atomic E-state index is -3.54. The SMILES string of the molecule is CNS(=O)(=O)c1ccc(SC)c(C(=O)N2CCCCC2)c1. The molecule has 2 rings (SSSR count). The summed E-state index contributed by atoms with van der Waals surface area (Å²) in [6.07, 6.45) is 5.05. The largest absolute Gasteiger partial charge is 0.339 e. The molecule has 0 spiro atoms. The monoisotopic (exact) mass is 328 g/mol. The van der Waals surface area contributed by atoms with Crippen LogP contribution >= 0.6 is 11.8 Å². The van der Waals surface area contributed by atoms with Gasteiger partial charge in [-0.2, -0.15) is 0 Å². The molecule has 5 nitrogen and oxygen atoms in total. The fourth-order valence-electron chi connectivity index (χ4n) is 2.41. The van der Waals surface area contributed by atoms with Crippen LogP contribution in [0.5, 0.6) is 0 Å². The minimum Gasteiger partial charge on any atom is -0.339 e. The van der Waals surface area contributed by atoms with E-state index in [1.807, 2.05) is 11.2 Å². The Morgan fingerprint density at radius 2 is 1.90 bits per heavy atom. The first-order valence-corrected chi connectivity index (χ1v) is 9.61. The van der Waals surface area contributed by atoms with Gasteiger partial charge in [0.25, 0.3) is 5.91 Å². The van der Waals surface area contributed by atoms with E-state index in [1.165, 1.54) is 30.9 Å². The summed E-state index contributed by atoms with van der Waals surface area (Å²) in [6.45, 7) is 1.49. The Morgan fingerprint density at radius 1 is 1.24 bits per heavy atom. The maximum absolute atomic E-state index is 12.6. The number of hydrogen-bond acceptors (Lipinski definition) is 4. The van der Waals surface area contributed by atoms with Crippen LogP contribution in [0.25, 0.3) is 0 Å². The molecule has 1 aromatic carbocycles. The van der Waals surface area contributed by atoms with E-state index in [2.05, 4.69) is 4.72 Å². The highest BCUT2D eigenvalue weighted by atomic mass is 32.2. The lowest BCUT2D eigenvalue weighted by Gasteiger charge is -2.27. The highest BCUT2D eigenvalue weighted by Crippen LogP contribution is 2.26. The number of benzene rings is 1. The van der Waals surface area contributed by atoms with Crippen molar-refractivity contribution in [3.63, 3.8) is 0 Å². The van der Waals surface area contributed by atoms with Gasteiger partial charge in [-0.15, -0.1) is 11.8 Å². The molecule has 0 bridgehead atoms. The van der Waals surface area contributed by atoms with Crippen LogP contribution in [0.1, 0.15) is 29.6 Å². The predicted octanol–water partition coefficient (Wildman–Crippen LogP) is 1.94. The highest BCUT2D eigenvalue weighted by Gasteiger charge is 2.23. The van der Waals surface area contributed by atoms with E-state index >= 15 is 0 Å².